The number of carbonyl (C=O) groups excluding carboxylic acids is 1. The van der Waals surface area contributed by atoms with Crippen molar-refractivity contribution in [2.45, 2.75) is 49.6 Å². The smallest absolute Gasteiger partial charge is 0.269 e. The highest BCUT2D eigenvalue weighted by Crippen LogP contribution is 2.32. The molecule has 2 unspecified atom stereocenters. The van der Waals surface area contributed by atoms with Gasteiger partial charge in [0.2, 0.25) is 0 Å². The summed E-state index contributed by atoms with van der Waals surface area (Å²) in [6.07, 6.45) is 2.73. The van der Waals surface area contributed by atoms with Crippen molar-refractivity contribution < 1.29 is 23.4 Å². The molecular formula is C27H32F2N4O5. The van der Waals surface area contributed by atoms with Crippen molar-refractivity contribution in [2.24, 2.45) is 0 Å². The summed E-state index contributed by atoms with van der Waals surface area (Å²) < 4.78 is 28.3. The van der Waals surface area contributed by atoms with Crippen LogP contribution >= 0.6 is 0 Å². The van der Waals surface area contributed by atoms with Gasteiger partial charge in [-0.1, -0.05) is 24.3 Å². The number of hydrogen-bond donors (Lipinski definition) is 0. The Morgan fingerprint density at radius 3 is 1.29 bits per heavy atom. The van der Waals surface area contributed by atoms with Crippen molar-refractivity contribution in [3.8, 4) is 0 Å². The zero-order valence-corrected chi connectivity index (χ0v) is 21.1. The summed E-state index contributed by atoms with van der Waals surface area (Å²) in [7, 11) is 0. The van der Waals surface area contributed by atoms with E-state index in [1.807, 2.05) is 0 Å². The van der Waals surface area contributed by atoms with E-state index in [1.165, 1.54) is 24.3 Å². The number of nitrogens with zero attached hydrogens (tertiary/aromatic N) is 4. The second-order valence-corrected chi connectivity index (χ2v) is 10.1. The van der Waals surface area contributed by atoms with Crippen LogP contribution in [0.15, 0.2) is 48.5 Å². The number of carbonyl (C=O) groups is 1. The predicted octanol–water partition coefficient (Wildman–Crippen LogP) is 4.81. The van der Waals surface area contributed by atoms with Gasteiger partial charge < -0.3 is 0 Å². The third-order valence-corrected chi connectivity index (χ3v) is 8.04. The van der Waals surface area contributed by atoms with E-state index in [9.17, 15) is 33.8 Å². The number of nitro benzene ring substituents is 2. The standard InChI is InChI=1S/C27H32F2N4O5/c28-17-25(30-13-9-21(10-14-30)19-1-5-23(6-2-19)32(35)36)27(34)26(18-29)31-15-11-22(12-16-31)20-3-7-24(8-4-20)33(37)38/h1-8,21-22,25-26H,9-18H2. The Bertz CT molecular complexity index is 1030. The number of alkyl halides is 2. The number of likely N-dealkylation sites (tertiary alicyclic amines) is 2. The van der Waals surface area contributed by atoms with E-state index in [-0.39, 0.29) is 23.2 Å². The van der Waals surface area contributed by atoms with Gasteiger partial charge in [0.05, 0.1) is 21.9 Å². The van der Waals surface area contributed by atoms with Crippen LogP contribution in [0.1, 0.15) is 48.6 Å². The third kappa shape index (κ3) is 6.21. The Morgan fingerprint density at radius 2 is 1.03 bits per heavy atom. The van der Waals surface area contributed by atoms with Crippen molar-refractivity contribution in [2.75, 3.05) is 39.5 Å². The molecule has 2 atom stereocenters. The number of nitro groups is 2. The van der Waals surface area contributed by atoms with Gasteiger partial charge in [0.25, 0.3) is 11.4 Å². The first-order valence-electron chi connectivity index (χ1n) is 12.9. The number of halogens is 2. The highest BCUT2D eigenvalue weighted by molar-refractivity contribution is 5.89. The highest BCUT2D eigenvalue weighted by atomic mass is 19.1. The topological polar surface area (TPSA) is 110 Å². The van der Waals surface area contributed by atoms with Crippen LogP contribution in [0, 0.1) is 20.2 Å². The van der Waals surface area contributed by atoms with E-state index < -0.39 is 41.1 Å². The van der Waals surface area contributed by atoms with Crippen molar-refractivity contribution in [3.05, 3.63) is 79.9 Å². The number of rotatable bonds is 10. The largest absolute Gasteiger partial charge is 0.296 e. The molecule has 2 aromatic carbocycles. The first-order chi connectivity index (χ1) is 18.3. The van der Waals surface area contributed by atoms with Crippen molar-refractivity contribution in [1.82, 2.24) is 9.80 Å². The van der Waals surface area contributed by atoms with E-state index in [1.54, 1.807) is 34.1 Å². The molecule has 0 saturated carbocycles. The van der Waals surface area contributed by atoms with Crippen molar-refractivity contribution in [3.63, 3.8) is 0 Å². The molecule has 9 nitrogen and oxygen atoms in total. The first-order valence-corrected chi connectivity index (χ1v) is 12.9. The van der Waals surface area contributed by atoms with Crippen LogP contribution in [0.25, 0.3) is 0 Å². The molecule has 0 spiro atoms. The number of benzene rings is 2. The number of ketones is 1. The molecule has 0 amide bonds. The third-order valence-electron chi connectivity index (χ3n) is 8.04. The lowest BCUT2D eigenvalue weighted by Gasteiger charge is -2.40. The molecule has 2 saturated heterocycles. The van der Waals surface area contributed by atoms with Crippen LogP contribution in [0.2, 0.25) is 0 Å². The minimum atomic E-state index is -0.999. The van der Waals surface area contributed by atoms with Crippen LogP contribution < -0.4 is 0 Å². The fourth-order valence-electron chi connectivity index (χ4n) is 5.75. The Labute approximate surface area is 219 Å². The maximum absolute atomic E-state index is 14.2. The number of non-ortho nitro benzene ring substituents is 2. The summed E-state index contributed by atoms with van der Waals surface area (Å²) in [5.74, 6) is -0.103. The second-order valence-electron chi connectivity index (χ2n) is 10.1. The number of piperidine rings is 2. The number of hydrogen-bond acceptors (Lipinski definition) is 7. The van der Waals surface area contributed by atoms with Gasteiger partial charge in [0.15, 0.2) is 5.78 Å². The lowest BCUT2D eigenvalue weighted by molar-refractivity contribution is -0.385. The molecule has 2 aliphatic heterocycles. The molecule has 2 fully saturated rings. The molecule has 204 valence electrons. The SMILES string of the molecule is O=C(C(CF)N1CCC(c2ccc([N+](=O)[O-])cc2)CC1)C(CF)N1CCC(c2ccc([N+](=O)[O-])cc2)CC1. The molecule has 2 aromatic rings. The molecular weight excluding hydrogens is 498 g/mol. The lowest BCUT2D eigenvalue weighted by Crippen LogP contribution is -2.56. The Morgan fingerprint density at radius 1 is 0.711 bits per heavy atom. The van der Waals surface area contributed by atoms with Crippen LogP contribution in [0.4, 0.5) is 20.2 Å². The van der Waals surface area contributed by atoms with Crippen LogP contribution in [0.5, 0.6) is 0 Å². The maximum Gasteiger partial charge on any atom is 0.269 e. The van der Waals surface area contributed by atoms with Crippen LogP contribution in [-0.2, 0) is 4.79 Å². The molecule has 0 bridgehead atoms. The van der Waals surface area contributed by atoms with Gasteiger partial charge in [-0.15, -0.1) is 0 Å². The van der Waals surface area contributed by atoms with Crippen molar-refractivity contribution in [1.29, 1.82) is 0 Å². The fourth-order valence-corrected chi connectivity index (χ4v) is 5.75. The molecule has 38 heavy (non-hydrogen) atoms. The summed E-state index contributed by atoms with van der Waals surface area (Å²) in [5, 5.41) is 21.8. The molecule has 0 radical (unpaired) electrons. The molecule has 2 heterocycles. The molecule has 0 N–H and O–H groups in total. The highest BCUT2D eigenvalue weighted by Gasteiger charge is 2.38. The van der Waals surface area contributed by atoms with E-state index >= 15 is 0 Å². The summed E-state index contributed by atoms with van der Waals surface area (Å²) >= 11 is 0. The summed E-state index contributed by atoms with van der Waals surface area (Å²) in [4.78, 5) is 37.8. The Kier molecular flexibility index (Phi) is 9.11. The number of Topliss-reactive ketones (excluding diaryl/α,β-unsaturated/α-hetero) is 1. The minimum absolute atomic E-state index is 0.0308. The summed E-state index contributed by atoms with van der Waals surface area (Å²) in [6.45, 7) is 0.201. The summed E-state index contributed by atoms with van der Waals surface area (Å²) in [5.41, 5.74) is 2.03. The van der Waals surface area contributed by atoms with Gasteiger partial charge in [0.1, 0.15) is 13.3 Å². The normalized spacial score (nSPS) is 19.6. The van der Waals surface area contributed by atoms with E-state index in [2.05, 4.69) is 0 Å². The van der Waals surface area contributed by atoms with Gasteiger partial charge in [-0.25, -0.2) is 8.78 Å². The van der Waals surface area contributed by atoms with Crippen LogP contribution in [0.3, 0.4) is 0 Å². The van der Waals surface area contributed by atoms with E-state index in [0.29, 0.717) is 51.9 Å². The average Bonchev–Trinajstić information content (AvgIpc) is 2.95. The summed E-state index contributed by atoms with van der Waals surface area (Å²) in [6, 6.07) is 10.9. The minimum Gasteiger partial charge on any atom is -0.296 e. The van der Waals surface area contributed by atoms with Gasteiger partial charge in [0, 0.05) is 24.3 Å². The van der Waals surface area contributed by atoms with Crippen LogP contribution in [-0.4, -0.2) is 77.0 Å². The molecule has 11 heteroatoms. The quantitative estimate of drug-likeness (QED) is 0.320. The Hall–Kier alpha value is -3.31. The molecule has 2 aliphatic rings. The van der Waals surface area contributed by atoms with Gasteiger partial charge in [-0.3, -0.25) is 34.8 Å². The monoisotopic (exact) mass is 530 g/mol. The zero-order chi connectivity index (χ0) is 27.2. The van der Waals surface area contributed by atoms with E-state index in [4.69, 9.17) is 0 Å². The predicted molar refractivity (Wildman–Crippen MR) is 138 cm³/mol. The Balaban J connectivity index is 1.32. The molecule has 0 aromatic heterocycles. The van der Waals surface area contributed by atoms with Crippen molar-refractivity contribution >= 4 is 17.2 Å². The zero-order valence-electron chi connectivity index (χ0n) is 21.1. The maximum atomic E-state index is 14.2. The van der Waals surface area contributed by atoms with Gasteiger partial charge in [-0.05, 0) is 74.8 Å². The van der Waals surface area contributed by atoms with Gasteiger partial charge in [-0.2, -0.15) is 0 Å². The molecule has 4 rings (SSSR count). The average molecular weight is 531 g/mol. The van der Waals surface area contributed by atoms with E-state index in [0.717, 1.165) is 11.1 Å². The van der Waals surface area contributed by atoms with Gasteiger partial charge >= 0.3 is 0 Å². The first kappa shape index (κ1) is 27.7. The second kappa shape index (κ2) is 12.5. The lowest BCUT2D eigenvalue weighted by atomic mass is 9.87. The molecule has 0 aliphatic carbocycles. The fraction of sp³-hybridized carbons (Fsp3) is 0.519.